The van der Waals surface area contributed by atoms with Crippen LogP contribution in [0.2, 0.25) is 0 Å². The van der Waals surface area contributed by atoms with Crippen molar-refractivity contribution in [2.75, 3.05) is 7.05 Å². The molecule has 1 atom stereocenters. The van der Waals surface area contributed by atoms with Crippen molar-refractivity contribution >= 4 is 11.9 Å². The average molecular weight is 160 g/mol. The molecule has 64 valence electrons. The van der Waals surface area contributed by atoms with E-state index in [-0.39, 0.29) is 12.3 Å². The maximum Gasteiger partial charge on any atom is 0.306 e. The van der Waals surface area contributed by atoms with Gasteiger partial charge in [0.1, 0.15) is 0 Å². The van der Waals surface area contributed by atoms with Crippen LogP contribution in [0.25, 0.3) is 0 Å². The molecule has 11 heavy (non-hydrogen) atoms. The Labute approximate surface area is 64.8 Å². The molecule has 0 saturated heterocycles. The van der Waals surface area contributed by atoms with Gasteiger partial charge in [0.2, 0.25) is 5.91 Å². The molecular formula is C6H12N2O3. The Hall–Kier alpha value is -1.10. The van der Waals surface area contributed by atoms with Crippen LogP contribution in [0.15, 0.2) is 0 Å². The number of carbonyl (C=O) groups excluding carboxylic acids is 1. The number of amides is 1. The van der Waals surface area contributed by atoms with Gasteiger partial charge >= 0.3 is 5.97 Å². The smallest absolute Gasteiger partial charge is 0.306 e. The summed E-state index contributed by atoms with van der Waals surface area (Å²) in [5, 5.41) is 13.4. The first-order valence-electron chi connectivity index (χ1n) is 3.22. The molecule has 1 amide bonds. The van der Waals surface area contributed by atoms with Crippen LogP contribution < -0.4 is 10.6 Å². The van der Waals surface area contributed by atoms with Gasteiger partial charge in [-0.3, -0.25) is 14.9 Å². The summed E-state index contributed by atoms with van der Waals surface area (Å²) in [7, 11) is 1.59. The van der Waals surface area contributed by atoms with Crippen LogP contribution >= 0.6 is 0 Å². The summed E-state index contributed by atoms with van der Waals surface area (Å²) in [6.07, 6.45) is -0.596. The van der Waals surface area contributed by atoms with Crippen molar-refractivity contribution in [3.05, 3.63) is 0 Å². The topological polar surface area (TPSA) is 78.4 Å². The van der Waals surface area contributed by atoms with Gasteiger partial charge < -0.3 is 10.4 Å². The lowest BCUT2D eigenvalue weighted by atomic mass is 10.3. The van der Waals surface area contributed by atoms with Crippen LogP contribution in [-0.2, 0) is 9.59 Å². The Morgan fingerprint density at radius 2 is 2.09 bits per heavy atom. The standard InChI is InChI=1S/C6H12N2O3/c1-4(9)8-5(7-2)3-6(10)11/h5,7H,3H2,1-2H3,(H,8,9)(H,10,11). The van der Waals surface area contributed by atoms with Crippen LogP contribution in [0.1, 0.15) is 13.3 Å². The van der Waals surface area contributed by atoms with Gasteiger partial charge in [-0.05, 0) is 7.05 Å². The number of hydrogen-bond donors (Lipinski definition) is 3. The molecular weight excluding hydrogens is 148 g/mol. The van der Waals surface area contributed by atoms with Crippen molar-refractivity contribution in [1.82, 2.24) is 10.6 Å². The van der Waals surface area contributed by atoms with Gasteiger partial charge in [0.05, 0.1) is 12.6 Å². The van der Waals surface area contributed by atoms with Gasteiger partial charge in [-0.25, -0.2) is 0 Å². The second kappa shape index (κ2) is 4.68. The van der Waals surface area contributed by atoms with Crippen molar-refractivity contribution in [2.24, 2.45) is 0 Å². The number of hydrogen-bond acceptors (Lipinski definition) is 3. The fourth-order valence-corrected chi connectivity index (χ4v) is 0.645. The fourth-order valence-electron chi connectivity index (χ4n) is 0.645. The third-order valence-corrected chi connectivity index (χ3v) is 1.10. The third kappa shape index (κ3) is 5.35. The van der Waals surface area contributed by atoms with Gasteiger partial charge in [-0.1, -0.05) is 0 Å². The quantitative estimate of drug-likeness (QED) is 0.468. The summed E-state index contributed by atoms with van der Waals surface area (Å²) in [4.78, 5) is 20.6. The van der Waals surface area contributed by atoms with Gasteiger partial charge in [0.15, 0.2) is 0 Å². The molecule has 0 radical (unpaired) electrons. The summed E-state index contributed by atoms with van der Waals surface area (Å²) in [5.41, 5.74) is 0. The van der Waals surface area contributed by atoms with E-state index in [0.717, 1.165) is 0 Å². The molecule has 0 aliphatic rings. The molecule has 5 nitrogen and oxygen atoms in total. The monoisotopic (exact) mass is 160 g/mol. The summed E-state index contributed by atoms with van der Waals surface area (Å²) >= 11 is 0. The Morgan fingerprint density at radius 1 is 1.55 bits per heavy atom. The van der Waals surface area contributed by atoms with Crippen molar-refractivity contribution < 1.29 is 14.7 Å². The highest BCUT2D eigenvalue weighted by Crippen LogP contribution is 1.85. The molecule has 5 heteroatoms. The van der Waals surface area contributed by atoms with Crippen LogP contribution in [-0.4, -0.2) is 30.2 Å². The zero-order valence-corrected chi connectivity index (χ0v) is 6.55. The van der Waals surface area contributed by atoms with E-state index in [1.165, 1.54) is 6.92 Å². The molecule has 0 aliphatic carbocycles. The lowest BCUT2D eigenvalue weighted by molar-refractivity contribution is -0.137. The molecule has 0 rings (SSSR count). The fraction of sp³-hybridized carbons (Fsp3) is 0.667. The lowest BCUT2D eigenvalue weighted by Gasteiger charge is -2.13. The minimum Gasteiger partial charge on any atom is -0.481 e. The van der Waals surface area contributed by atoms with Crippen molar-refractivity contribution in [2.45, 2.75) is 19.5 Å². The van der Waals surface area contributed by atoms with E-state index in [0.29, 0.717) is 0 Å². The van der Waals surface area contributed by atoms with Gasteiger partial charge in [0, 0.05) is 6.92 Å². The number of carbonyl (C=O) groups is 2. The first-order chi connectivity index (χ1) is 5.06. The highest BCUT2D eigenvalue weighted by atomic mass is 16.4. The van der Waals surface area contributed by atoms with Gasteiger partial charge in [-0.15, -0.1) is 0 Å². The Morgan fingerprint density at radius 3 is 2.36 bits per heavy atom. The molecule has 0 saturated carbocycles. The van der Waals surface area contributed by atoms with E-state index in [4.69, 9.17) is 5.11 Å². The van der Waals surface area contributed by atoms with Crippen LogP contribution in [0, 0.1) is 0 Å². The number of carboxylic acids is 1. The maximum atomic E-state index is 10.5. The highest BCUT2D eigenvalue weighted by molar-refractivity contribution is 5.74. The van der Waals surface area contributed by atoms with Crippen LogP contribution in [0.3, 0.4) is 0 Å². The van der Waals surface area contributed by atoms with Gasteiger partial charge in [-0.2, -0.15) is 0 Å². The molecule has 0 aromatic rings. The van der Waals surface area contributed by atoms with Crippen molar-refractivity contribution in [3.63, 3.8) is 0 Å². The number of rotatable bonds is 4. The SMILES string of the molecule is CNC(CC(=O)O)NC(C)=O. The van der Waals surface area contributed by atoms with Crippen LogP contribution in [0.5, 0.6) is 0 Å². The van der Waals surface area contributed by atoms with Crippen molar-refractivity contribution in [1.29, 1.82) is 0 Å². The first kappa shape index (κ1) is 9.90. The molecule has 1 unspecified atom stereocenters. The van der Waals surface area contributed by atoms with Gasteiger partial charge in [0.25, 0.3) is 0 Å². The zero-order valence-electron chi connectivity index (χ0n) is 6.55. The predicted molar refractivity (Wildman–Crippen MR) is 38.9 cm³/mol. The van der Waals surface area contributed by atoms with E-state index in [2.05, 4.69) is 10.6 Å². The Balaban J connectivity index is 3.76. The molecule has 0 aromatic heterocycles. The number of carboxylic acid groups (broad SMARTS) is 1. The lowest BCUT2D eigenvalue weighted by Crippen LogP contribution is -2.44. The molecule has 3 N–H and O–H groups in total. The molecule has 0 aliphatic heterocycles. The third-order valence-electron chi connectivity index (χ3n) is 1.10. The summed E-state index contributed by atoms with van der Waals surface area (Å²) in [6.45, 7) is 1.34. The molecule has 0 bridgehead atoms. The van der Waals surface area contributed by atoms with E-state index >= 15 is 0 Å². The summed E-state index contributed by atoms with van der Waals surface area (Å²) in [5.74, 6) is -1.19. The minimum atomic E-state index is -0.946. The second-order valence-corrected chi connectivity index (χ2v) is 2.14. The molecule has 0 fully saturated rings. The maximum absolute atomic E-state index is 10.5. The Kier molecular flexibility index (Phi) is 4.21. The zero-order chi connectivity index (χ0) is 8.85. The molecule has 0 heterocycles. The Bertz CT molecular complexity index is 142. The second-order valence-electron chi connectivity index (χ2n) is 2.14. The minimum absolute atomic E-state index is 0.115. The first-order valence-corrected chi connectivity index (χ1v) is 3.22. The van der Waals surface area contributed by atoms with E-state index in [1.807, 2.05) is 0 Å². The normalized spacial score (nSPS) is 12.2. The molecule has 0 spiro atoms. The summed E-state index contributed by atoms with van der Waals surface area (Å²) in [6, 6.07) is 0. The molecule has 0 aromatic carbocycles. The number of aliphatic carboxylic acids is 1. The van der Waals surface area contributed by atoms with Crippen molar-refractivity contribution in [3.8, 4) is 0 Å². The van der Waals surface area contributed by atoms with E-state index in [1.54, 1.807) is 7.05 Å². The number of nitrogens with one attached hydrogen (secondary N) is 2. The van der Waals surface area contributed by atoms with E-state index < -0.39 is 12.1 Å². The average Bonchev–Trinajstić information content (AvgIpc) is 1.84. The van der Waals surface area contributed by atoms with E-state index in [9.17, 15) is 9.59 Å². The predicted octanol–water partition coefficient (Wildman–Crippen LogP) is -0.857. The highest BCUT2D eigenvalue weighted by Gasteiger charge is 2.10. The largest absolute Gasteiger partial charge is 0.481 e. The van der Waals surface area contributed by atoms with Crippen LogP contribution in [0.4, 0.5) is 0 Å². The summed E-state index contributed by atoms with van der Waals surface area (Å²) < 4.78 is 0.